The molecule has 0 aliphatic carbocycles. The van der Waals surface area contributed by atoms with Crippen LogP contribution in [0.2, 0.25) is 5.02 Å². The first kappa shape index (κ1) is 12.8. The van der Waals surface area contributed by atoms with E-state index in [0.29, 0.717) is 0 Å². The molecule has 0 heterocycles. The van der Waals surface area contributed by atoms with E-state index in [1.165, 1.54) is 0 Å². The lowest BCUT2D eigenvalue weighted by Crippen LogP contribution is -1.90. The fraction of sp³-hybridized carbons (Fsp3) is 0. The lowest BCUT2D eigenvalue weighted by molar-refractivity contribution is 1.58. The van der Waals surface area contributed by atoms with E-state index in [0.717, 1.165) is 33.0 Å². The number of hydrogen-bond donors (Lipinski definition) is 1. The molecule has 0 aromatic heterocycles. The lowest BCUT2D eigenvalue weighted by Gasteiger charge is -2.12. The average molecular weight is 280 g/mol. The van der Waals surface area contributed by atoms with Gasteiger partial charge in [0.15, 0.2) is 0 Å². The molecule has 3 aromatic carbocycles. The van der Waals surface area contributed by atoms with E-state index in [1.54, 1.807) is 0 Å². The monoisotopic (exact) mass is 279 g/mol. The fourth-order valence-corrected chi connectivity index (χ4v) is 2.57. The van der Waals surface area contributed by atoms with Crippen LogP contribution in [-0.2, 0) is 0 Å². The Morgan fingerprint density at radius 2 is 1.35 bits per heavy atom. The number of nitrogen functional groups attached to an aromatic ring is 1. The summed E-state index contributed by atoms with van der Waals surface area (Å²) in [5.41, 5.74) is 11.0. The van der Waals surface area contributed by atoms with Gasteiger partial charge in [-0.1, -0.05) is 66.2 Å². The van der Waals surface area contributed by atoms with Gasteiger partial charge in [-0.2, -0.15) is 0 Å². The van der Waals surface area contributed by atoms with Crippen LogP contribution < -0.4 is 5.73 Å². The standard InChI is InChI=1S/C18H14ClN/c19-18-9-5-4-8-16(18)17-12-14(20)10-11-15(17)13-6-2-1-3-7-13/h1-12H,20H2. The van der Waals surface area contributed by atoms with E-state index in [9.17, 15) is 0 Å². The number of anilines is 1. The maximum Gasteiger partial charge on any atom is 0.0484 e. The second kappa shape index (κ2) is 5.40. The molecule has 2 N–H and O–H groups in total. The summed E-state index contributed by atoms with van der Waals surface area (Å²) in [6, 6.07) is 24.0. The van der Waals surface area contributed by atoms with E-state index in [2.05, 4.69) is 12.1 Å². The highest BCUT2D eigenvalue weighted by molar-refractivity contribution is 6.33. The summed E-state index contributed by atoms with van der Waals surface area (Å²) in [5, 5.41) is 0.732. The topological polar surface area (TPSA) is 26.0 Å². The van der Waals surface area contributed by atoms with Crippen LogP contribution >= 0.6 is 11.6 Å². The highest BCUT2D eigenvalue weighted by Gasteiger charge is 2.10. The Morgan fingerprint density at radius 3 is 2.10 bits per heavy atom. The van der Waals surface area contributed by atoms with Crippen molar-refractivity contribution in [3.8, 4) is 22.3 Å². The Hall–Kier alpha value is -2.25. The number of halogens is 1. The second-order valence-electron chi connectivity index (χ2n) is 4.65. The van der Waals surface area contributed by atoms with Crippen molar-refractivity contribution in [2.45, 2.75) is 0 Å². The zero-order chi connectivity index (χ0) is 13.9. The quantitative estimate of drug-likeness (QED) is 0.637. The van der Waals surface area contributed by atoms with Crippen molar-refractivity contribution in [1.82, 2.24) is 0 Å². The summed E-state index contributed by atoms with van der Waals surface area (Å²) in [6.07, 6.45) is 0. The molecule has 98 valence electrons. The zero-order valence-electron chi connectivity index (χ0n) is 10.9. The minimum atomic E-state index is 0.732. The van der Waals surface area contributed by atoms with Gasteiger partial charge in [-0.3, -0.25) is 0 Å². The van der Waals surface area contributed by atoms with E-state index < -0.39 is 0 Å². The normalized spacial score (nSPS) is 10.4. The Bertz CT molecular complexity index is 735. The second-order valence-corrected chi connectivity index (χ2v) is 5.06. The molecule has 3 rings (SSSR count). The van der Waals surface area contributed by atoms with Gasteiger partial charge >= 0.3 is 0 Å². The number of hydrogen-bond acceptors (Lipinski definition) is 1. The minimum absolute atomic E-state index is 0.732. The van der Waals surface area contributed by atoms with Gasteiger partial charge in [0.2, 0.25) is 0 Å². The van der Waals surface area contributed by atoms with E-state index >= 15 is 0 Å². The molecule has 20 heavy (non-hydrogen) atoms. The SMILES string of the molecule is Nc1ccc(-c2ccccc2)c(-c2ccccc2Cl)c1. The van der Waals surface area contributed by atoms with Gasteiger partial charge < -0.3 is 5.73 Å². The van der Waals surface area contributed by atoms with Gasteiger partial charge in [0.25, 0.3) is 0 Å². The van der Waals surface area contributed by atoms with Crippen molar-refractivity contribution in [3.63, 3.8) is 0 Å². The molecule has 0 spiro atoms. The third-order valence-corrected chi connectivity index (χ3v) is 3.62. The molecule has 0 atom stereocenters. The van der Waals surface area contributed by atoms with Crippen molar-refractivity contribution in [1.29, 1.82) is 0 Å². The minimum Gasteiger partial charge on any atom is -0.399 e. The highest BCUT2D eigenvalue weighted by Crippen LogP contribution is 2.36. The molecule has 1 nitrogen and oxygen atoms in total. The molecule has 3 aromatic rings. The smallest absolute Gasteiger partial charge is 0.0484 e. The van der Waals surface area contributed by atoms with Gasteiger partial charge in [0.05, 0.1) is 0 Å². The molecule has 0 fully saturated rings. The average Bonchev–Trinajstić information content (AvgIpc) is 2.48. The van der Waals surface area contributed by atoms with Crippen molar-refractivity contribution >= 4 is 17.3 Å². The summed E-state index contributed by atoms with van der Waals surface area (Å²) in [7, 11) is 0. The van der Waals surface area contributed by atoms with Crippen molar-refractivity contribution in [2.24, 2.45) is 0 Å². The first-order valence-electron chi connectivity index (χ1n) is 6.45. The van der Waals surface area contributed by atoms with Crippen LogP contribution in [-0.4, -0.2) is 0 Å². The van der Waals surface area contributed by atoms with Crippen LogP contribution in [0.5, 0.6) is 0 Å². The van der Waals surface area contributed by atoms with Gasteiger partial charge in [0, 0.05) is 16.3 Å². The number of benzene rings is 3. The van der Waals surface area contributed by atoms with Gasteiger partial charge in [0.1, 0.15) is 0 Å². The van der Waals surface area contributed by atoms with E-state index in [-0.39, 0.29) is 0 Å². The predicted molar refractivity (Wildman–Crippen MR) is 86.7 cm³/mol. The van der Waals surface area contributed by atoms with E-state index in [1.807, 2.05) is 60.7 Å². The summed E-state index contributed by atoms with van der Waals surface area (Å²) in [4.78, 5) is 0. The molecule has 0 aliphatic rings. The third kappa shape index (κ3) is 2.40. The molecule has 0 bridgehead atoms. The maximum atomic E-state index is 6.33. The molecule has 0 saturated carbocycles. The molecular formula is C18H14ClN. The first-order chi connectivity index (χ1) is 9.75. The summed E-state index contributed by atoms with van der Waals surface area (Å²) >= 11 is 6.33. The Labute approximate surface area is 123 Å². The first-order valence-corrected chi connectivity index (χ1v) is 6.83. The van der Waals surface area contributed by atoms with Gasteiger partial charge in [-0.25, -0.2) is 0 Å². The maximum absolute atomic E-state index is 6.33. The molecule has 0 saturated heterocycles. The van der Waals surface area contributed by atoms with Crippen LogP contribution in [0.4, 0.5) is 5.69 Å². The Kier molecular flexibility index (Phi) is 3.44. The van der Waals surface area contributed by atoms with Crippen LogP contribution in [0.1, 0.15) is 0 Å². The number of rotatable bonds is 2. The summed E-state index contributed by atoms with van der Waals surface area (Å²) < 4.78 is 0. The molecule has 0 amide bonds. The third-order valence-electron chi connectivity index (χ3n) is 3.29. The fourth-order valence-electron chi connectivity index (χ4n) is 2.33. The molecule has 0 unspecified atom stereocenters. The Morgan fingerprint density at radius 1 is 0.650 bits per heavy atom. The van der Waals surface area contributed by atoms with Gasteiger partial charge in [-0.15, -0.1) is 0 Å². The predicted octanol–water partition coefficient (Wildman–Crippen LogP) is 5.26. The number of nitrogens with two attached hydrogens (primary N) is 1. The summed E-state index contributed by atoms with van der Waals surface area (Å²) in [5.74, 6) is 0. The molecule has 2 heteroatoms. The van der Waals surface area contributed by atoms with Crippen LogP contribution in [0.25, 0.3) is 22.3 Å². The van der Waals surface area contributed by atoms with Crippen LogP contribution in [0.3, 0.4) is 0 Å². The molecule has 0 radical (unpaired) electrons. The van der Waals surface area contributed by atoms with Crippen molar-refractivity contribution < 1.29 is 0 Å². The van der Waals surface area contributed by atoms with E-state index in [4.69, 9.17) is 17.3 Å². The van der Waals surface area contributed by atoms with Gasteiger partial charge in [-0.05, 0) is 34.9 Å². The molecular weight excluding hydrogens is 266 g/mol. The van der Waals surface area contributed by atoms with Crippen molar-refractivity contribution in [2.75, 3.05) is 5.73 Å². The summed E-state index contributed by atoms with van der Waals surface area (Å²) in [6.45, 7) is 0. The Balaban J connectivity index is 2.25. The van der Waals surface area contributed by atoms with Crippen LogP contribution in [0, 0.1) is 0 Å². The largest absolute Gasteiger partial charge is 0.399 e. The van der Waals surface area contributed by atoms with Crippen molar-refractivity contribution in [3.05, 3.63) is 77.8 Å². The zero-order valence-corrected chi connectivity index (χ0v) is 11.6. The van der Waals surface area contributed by atoms with Crippen LogP contribution in [0.15, 0.2) is 72.8 Å². The highest BCUT2D eigenvalue weighted by atomic mass is 35.5. The molecule has 0 aliphatic heterocycles. The lowest BCUT2D eigenvalue weighted by atomic mass is 9.94.